The number of rotatable bonds is 10. The zero-order chi connectivity index (χ0) is 20.4. The first-order valence-electron chi connectivity index (χ1n) is 9.78. The third kappa shape index (κ3) is 6.17. The highest BCUT2D eigenvalue weighted by Gasteiger charge is 2.25. The summed E-state index contributed by atoms with van der Waals surface area (Å²) in [6, 6.07) is 0. The number of hydrogen-bond acceptors (Lipinski definition) is 3. The van der Waals surface area contributed by atoms with Crippen molar-refractivity contribution in [3.05, 3.63) is 59.0 Å². The molecule has 0 radical (unpaired) electrons. The highest BCUT2D eigenvalue weighted by Crippen LogP contribution is 2.29. The van der Waals surface area contributed by atoms with Crippen molar-refractivity contribution in [2.45, 2.75) is 26.2 Å². The minimum absolute atomic E-state index is 0.344. The van der Waals surface area contributed by atoms with Gasteiger partial charge in [-0.15, -0.1) is 0 Å². The molecule has 6 heteroatoms. The number of likely N-dealkylation sites (N-methyl/N-ethyl adjacent to an activating group) is 1. The number of aliphatic imine (C=N–C) groups is 1. The molecule has 0 bridgehead atoms. The predicted octanol–water partition coefficient (Wildman–Crippen LogP) is 4.98. The average molecular weight is 452 g/mol. The van der Waals surface area contributed by atoms with Crippen molar-refractivity contribution < 1.29 is 9.13 Å². The number of alkyl halides is 2. The second kappa shape index (κ2) is 12.0. The molecule has 0 amide bonds. The summed E-state index contributed by atoms with van der Waals surface area (Å²) >= 11 is 3.49. The summed E-state index contributed by atoms with van der Waals surface area (Å²) in [6.07, 6.45) is 15.5. The van der Waals surface area contributed by atoms with E-state index >= 15 is 0 Å². The molecule has 0 fully saturated rings. The summed E-state index contributed by atoms with van der Waals surface area (Å²) < 4.78 is 18.5. The van der Waals surface area contributed by atoms with Crippen molar-refractivity contribution in [3.63, 3.8) is 0 Å². The van der Waals surface area contributed by atoms with E-state index in [0.29, 0.717) is 13.3 Å². The SMILES string of the molecule is CCCOCN1C(CC2=CCC=C(N(C)CCF)C=C2)=C/C(=C/CBr)C1=NC. The Bertz CT molecular complexity index is 707. The third-order valence-electron chi connectivity index (χ3n) is 4.68. The number of nitrogens with zero attached hydrogens (tertiary/aromatic N) is 3. The molecule has 0 saturated heterocycles. The molecule has 1 aliphatic carbocycles. The molecule has 2 rings (SSSR count). The van der Waals surface area contributed by atoms with E-state index in [0.717, 1.165) is 48.3 Å². The molecular formula is C22H31BrFN3O. The van der Waals surface area contributed by atoms with E-state index in [2.05, 4.69) is 69.2 Å². The second-order valence-electron chi connectivity index (χ2n) is 6.73. The van der Waals surface area contributed by atoms with Crippen LogP contribution < -0.4 is 0 Å². The van der Waals surface area contributed by atoms with Gasteiger partial charge in [-0.05, 0) is 30.6 Å². The lowest BCUT2D eigenvalue weighted by Gasteiger charge is -2.23. The van der Waals surface area contributed by atoms with E-state index in [9.17, 15) is 4.39 Å². The zero-order valence-electron chi connectivity index (χ0n) is 17.1. The molecule has 1 aliphatic heterocycles. The van der Waals surface area contributed by atoms with Crippen LogP contribution in [0, 0.1) is 0 Å². The number of ether oxygens (including phenoxy) is 1. The van der Waals surface area contributed by atoms with Crippen LogP contribution in [0.5, 0.6) is 0 Å². The molecule has 0 atom stereocenters. The molecule has 0 N–H and O–H groups in total. The van der Waals surface area contributed by atoms with Crippen LogP contribution in [-0.4, -0.2) is 61.6 Å². The van der Waals surface area contributed by atoms with Gasteiger partial charge in [0.05, 0.1) is 0 Å². The van der Waals surface area contributed by atoms with Gasteiger partial charge in [0.25, 0.3) is 0 Å². The first-order valence-corrected chi connectivity index (χ1v) is 10.9. The Hall–Kier alpha value is -1.66. The standard InChI is InChI=1S/C22H31BrFN3O/c1-4-14-28-17-27-21(16-19(10-11-23)22(27)25-2)15-18-6-5-7-20(9-8-18)26(3)13-12-24/h6-10,16H,4-5,11-15,17H2,1-3H3/b19-10-,25-22?. The number of hydrogen-bond donors (Lipinski definition) is 0. The zero-order valence-corrected chi connectivity index (χ0v) is 18.7. The van der Waals surface area contributed by atoms with E-state index in [4.69, 9.17) is 4.74 Å². The van der Waals surface area contributed by atoms with Crippen LogP contribution in [0.3, 0.4) is 0 Å². The van der Waals surface area contributed by atoms with Gasteiger partial charge in [-0.1, -0.05) is 47.2 Å². The van der Waals surface area contributed by atoms with Crippen LogP contribution in [0.4, 0.5) is 4.39 Å². The highest BCUT2D eigenvalue weighted by molar-refractivity contribution is 9.09. The van der Waals surface area contributed by atoms with Gasteiger partial charge in [0.1, 0.15) is 19.2 Å². The summed E-state index contributed by atoms with van der Waals surface area (Å²) in [5.41, 5.74) is 4.60. The lowest BCUT2D eigenvalue weighted by Crippen LogP contribution is -2.29. The minimum atomic E-state index is -0.344. The molecule has 28 heavy (non-hydrogen) atoms. The van der Waals surface area contributed by atoms with Crippen LogP contribution in [0.2, 0.25) is 0 Å². The Morgan fingerprint density at radius 3 is 2.86 bits per heavy atom. The molecule has 0 spiro atoms. The van der Waals surface area contributed by atoms with E-state index in [1.807, 2.05) is 19.0 Å². The van der Waals surface area contributed by atoms with Crippen LogP contribution in [-0.2, 0) is 4.74 Å². The van der Waals surface area contributed by atoms with Crippen molar-refractivity contribution in [2.24, 2.45) is 4.99 Å². The maximum Gasteiger partial charge on any atom is 0.136 e. The molecule has 0 aromatic carbocycles. The monoisotopic (exact) mass is 451 g/mol. The Balaban J connectivity index is 2.15. The van der Waals surface area contributed by atoms with Crippen LogP contribution in [0.25, 0.3) is 0 Å². The van der Waals surface area contributed by atoms with Gasteiger partial charge in [0.2, 0.25) is 0 Å². The maximum atomic E-state index is 12.6. The van der Waals surface area contributed by atoms with Gasteiger partial charge in [-0.3, -0.25) is 4.99 Å². The smallest absolute Gasteiger partial charge is 0.136 e. The molecule has 0 unspecified atom stereocenters. The van der Waals surface area contributed by atoms with Gasteiger partial charge in [0.15, 0.2) is 0 Å². The summed E-state index contributed by atoms with van der Waals surface area (Å²) in [6.45, 7) is 3.41. The summed E-state index contributed by atoms with van der Waals surface area (Å²) in [7, 11) is 3.75. The Kier molecular flexibility index (Phi) is 9.71. The molecule has 0 aromatic rings. The Morgan fingerprint density at radius 2 is 2.18 bits per heavy atom. The molecule has 4 nitrogen and oxygen atoms in total. The van der Waals surface area contributed by atoms with Gasteiger partial charge in [0, 0.05) is 56.0 Å². The molecule has 154 valence electrons. The van der Waals surface area contributed by atoms with Crippen molar-refractivity contribution in [1.29, 1.82) is 0 Å². The van der Waals surface area contributed by atoms with Crippen molar-refractivity contribution in [3.8, 4) is 0 Å². The van der Waals surface area contributed by atoms with E-state index < -0.39 is 0 Å². The van der Waals surface area contributed by atoms with Crippen LogP contribution >= 0.6 is 15.9 Å². The van der Waals surface area contributed by atoms with Gasteiger partial charge >= 0.3 is 0 Å². The fourth-order valence-corrected chi connectivity index (χ4v) is 3.58. The lowest BCUT2D eigenvalue weighted by atomic mass is 10.1. The quantitative estimate of drug-likeness (QED) is 0.346. The molecule has 1 heterocycles. The maximum absolute atomic E-state index is 12.6. The largest absolute Gasteiger partial charge is 0.372 e. The second-order valence-corrected chi connectivity index (χ2v) is 7.37. The molecule has 0 aromatic heterocycles. The van der Waals surface area contributed by atoms with Gasteiger partial charge in [-0.2, -0.15) is 0 Å². The van der Waals surface area contributed by atoms with Crippen molar-refractivity contribution >= 4 is 21.8 Å². The highest BCUT2D eigenvalue weighted by atomic mass is 79.9. The van der Waals surface area contributed by atoms with E-state index in [1.165, 1.54) is 11.3 Å². The van der Waals surface area contributed by atoms with Gasteiger partial charge < -0.3 is 14.5 Å². The fourth-order valence-electron chi connectivity index (χ4n) is 3.23. The molecule has 2 aliphatic rings. The molecular weight excluding hydrogens is 421 g/mol. The number of halogens is 2. The third-order valence-corrected chi connectivity index (χ3v) is 5.01. The van der Waals surface area contributed by atoms with Crippen LogP contribution in [0.1, 0.15) is 26.2 Å². The summed E-state index contributed by atoms with van der Waals surface area (Å²) in [5.74, 6) is 0.949. The first kappa shape index (κ1) is 22.6. The lowest BCUT2D eigenvalue weighted by molar-refractivity contribution is 0.0797. The topological polar surface area (TPSA) is 28.1 Å². The predicted molar refractivity (Wildman–Crippen MR) is 119 cm³/mol. The van der Waals surface area contributed by atoms with Crippen molar-refractivity contribution in [2.75, 3.05) is 46.0 Å². The van der Waals surface area contributed by atoms with E-state index in [-0.39, 0.29) is 6.67 Å². The fraction of sp³-hybridized carbons (Fsp3) is 0.500. The average Bonchev–Trinajstić information content (AvgIpc) is 2.84. The van der Waals surface area contributed by atoms with Crippen molar-refractivity contribution in [1.82, 2.24) is 9.80 Å². The summed E-state index contributed by atoms with van der Waals surface area (Å²) in [4.78, 5) is 8.61. The van der Waals surface area contributed by atoms with Crippen LogP contribution in [0.15, 0.2) is 64.0 Å². The normalized spacial score (nSPS) is 19.8. The number of allylic oxidation sites excluding steroid dienone is 6. The Labute approximate surface area is 177 Å². The summed E-state index contributed by atoms with van der Waals surface area (Å²) in [5, 5.41) is 0.783. The number of amidine groups is 1. The van der Waals surface area contributed by atoms with E-state index in [1.54, 1.807) is 0 Å². The minimum Gasteiger partial charge on any atom is -0.372 e. The Morgan fingerprint density at radius 1 is 1.36 bits per heavy atom. The first-order chi connectivity index (χ1) is 13.6. The molecule has 0 saturated carbocycles. The van der Waals surface area contributed by atoms with Gasteiger partial charge in [-0.25, -0.2) is 4.39 Å².